The summed E-state index contributed by atoms with van der Waals surface area (Å²) in [6.07, 6.45) is -0.277. The number of ketones is 1. The van der Waals surface area contributed by atoms with Gasteiger partial charge in [-0.15, -0.1) is 11.3 Å². The summed E-state index contributed by atoms with van der Waals surface area (Å²) in [5, 5.41) is 13.6. The van der Waals surface area contributed by atoms with Crippen molar-refractivity contribution in [3.8, 4) is 0 Å². The summed E-state index contributed by atoms with van der Waals surface area (Å²) in [5.74, 6) is -0.661. The standard InChI is InChI=1S/C27H29NO3S/c1-17-13-19(26(3,4)5)14-18(2)24(17)23(29)15-27(31)21-10-6-7-11-22(21)28(25(27)30)16-20-9-8-12-32-20/h6-14,31H,15-16H2,1-5H3. The highest BCUT2D eigenvalue weighted by molar-refractivity contribution is 7.09. The van der Waals surface area contributed by atoms with Gasteiger partial charge in [-0.2, -0.15) is 0 Å². The molecule has 5 heteroatoms. The molecule has 0 saturated heterocycles. The lowest BCUT2D eigenvalue weighted by Crippen LogP contribution is -2.41. The quantitative estimate of drug-likeness (QED) is 0.513. The van der Waals surface area contributed by atoms with E-state index in [-0.39, 0.29) is 17.6 Å². The average Bonchev–Trinajstić information content (AvgIpc) is 3.29. The number of para-hydroxylation sites is 1. The molecule has 1 amide bonds. The van der Waals surface area contributed by atoms with Gasteiger partial charge in [0, 0.05) is 16.0 Å². The summed E-state index contributed by atoms with van der Waals surface area (Å²) >= 11 is 1.56. The van der Waals surface area contributed by atoms with Crippen LogP contribution in [0.4, 0.5) is 5.69 Å². The Hall–Kier alpha value is -2.76. The number of hydrogen-bond acceptors (Lipinski definition) is 4. The summed E-state index contributed by atoms with van der Waals surface area (Å²) in [4.78, 5) is 29.5. The van der Waals surface area contributed by atoms with E-state index in [0.717, 1.165) is 21.6 Å². The summed E-state index contributed by atoms with van der Waals surface area (Å²) in [7, 11) is 0. The number of aliphatic hydroxyl groups is 1. The Morgan fingerprint density at radius 3 is 2.31 bits per heavy atom. The summed E-state index contributed by atoms with van der Waals surface area (Å²) < 4.78 is 0. The number of anilines is 1. The molecule has 4 nitrogen and oxygen atoms in total. The fraction of sp³-hybridized carbons (Fsp3) is 0.333. The van der Waals surface area contributed by atoms with E-state index in [2.05, 4.69) is 20.8 Å². The van der Waals surface area contributed by atoms with Crippen LogP contribution in [0.25, 0.3) is 0 Å². The molecule has 1 aliphatic rings. The first kappa shape index (κ1) is 22.4. The first-order chi connectivity index (χ1) is 15.0. The molecule has 32 heavy (non-hydrogen) atoms. The minimum absolute atomic E-state index is 0.0298. The molecule has 0 fully saturated rings. The van der Waals surface area contributed by atoms with Crippen LogP contribution in [-0.2, 0) is 22.4 Å². The van der Waals surface area contributed by atoms with Crippen molar-refractivity contribution in [3.05, 3.63) is 86.6 Å². The van der Waals surface area contributed by atoms with E-state index in [4.69, 9.17) is 0 Å². The Kier molecular flexibility index (Phi) is 5.60. The van der Waals surface area contributed by atoms with Crippen molar-refractivity contribution in [3.63, 3.8) is 0 Å². The number of fused-ring (bicyclic) bond motifs is 1. The van der Waals surface area contributed by atoms with Gasteiger partial charge in [-0.05, 0) is 53.5 Å². The third-order valence-electron chi connectivity index (χ3n) is 6.23. The average molecular weight is 448 g/mol. The monoisotopic (exact) mass is 447 g/mol. The van der Waals surface area contributed by atoms with E-state index in [0.29, 0.717) is 23.4 Å². The van der Waals surface area contributed by atoms with Crippen molar-refractivity contribution in [1.82, 2.24) is 0 Å². The van der Waals surface area contributed by atoms with Crippen LogP contribution in [0.15, 0.2) is 53.9 Å². The zero-order valence-electron chi connectivity index (χ0n) is 19.2. The fourth-order valence-electron chi connectivity index (χ4n) is 4.55. The third-order valence-corrected chi connectivity index (χ3v) is 7.09. The predicted octanol–water partition coefficient (Wildman–Crippen LogP) is 5.67. The minimum atomic E-state index is -1.87. The van der Waals surface area contributed by atoms with Gasteiger partial charge in [0.05, 0.1) is 18.7 Å². The summed E-state index contributed by atoms with van der Waals surface area (Å²) in [5.41, 5.74) is 2.76. The summed E-state index contributed by atoms with van der Waals surface area (Å²) in [6.45, 7) is 10.6. The number of rotatable bonds is 5. The van der Waals surface area contributed by atoms with Gasteiger partial charge >= 0.3 is 0 Å². The maximum absolute atomic E-state index is 13.5. The van der Waals surface area contributed by atoms with E-state index < -0.39 is 11.5 Å². The lowest BCUT2D eigenvalue weighted by molar-refractivity contribution is -0.136. The molecule has 3 aromatic rings. The molecule has 0 radical (unpaired) electrons. The number of aryl methyl sites for hydroxylation is 2. The fourth-order valence-corrected chi connectivity index (χ4v) is 5.24. The van der Waals surface area contributed by atoms with Crippen molar-refractivity contribution in [2.24, 2.45) is 0 Å². The zero-order chi connectivity index (χ0) is 23.3. The number of benzene rings is 2. The lowest BCUT2D eigenvalue weighted by Gasteiger charge is -2.25. The van der Waals surface area contributed by atoms with Crippen molar-refractivity contribution in [2.45, 2.75) is 58.6 Å². The molecule has 4 rings (SSSR count). The van der Waals surface area contributed by atoms with E-state index in [9.17, 15) is 14.7 Å². The first-order valence-electron chi connectivity index (χ1n) is 10.8. The molecule has 0 spiro atoms. The second-order valence-electron chi connectivity index (χ2n) is 9.68. The Labute approximate surface area is 193 Å². The Morgan fingerprint density at radius 2 is 1.72 bits per heavy atom. The number of nitrogens with zero attached hydrogens (tertiary/aromatic N) is 1. The molecule has 1 unspecified atom stereocenters. The maximum atomic E-state index is 13.5. The second kappa shape index (κ2) is 7.98. The van der Waals surface area contributed by atoms with Crippen LogP contribution >= 0.6 is 11.3 Å². The lowest BCUT2D eigenvalue weighted by atomic mass is 9.81. The van der Waals surface area contributed by atoms with Gasteiger partial charge in [0.25, 0.3) is 5.91 Å². The molecule has 0 bridgehead atoms. The van der Waals surface area contributed by atoms with Crippen LogP contribution in [0.2, 0.25) is 0 Å². The molecule has 2 aromatic carbocycles. The van der Waals surface area contributed by atoms with Gasteiger partial charge in [0.2, 0.25) is 0 Å². The Morgan fingerprint density at radius 1 is 1.06 bits per heavy atom. The van der Waals surface area contributed by atoms with Gasteiger partial charge in [-0.25, -0.2) is 0 Å². The molecule has 1 aliphatic heterocycles. The number of amides is 1. The minimum Gasteiger partial charge on any atom is -0.375 e. The highest BCUT2D eigenvalue weighted by Crippen LogP contribution is 2.44. The largest absolute Gasteiger partial charge is 0.375 e. The van der Waals surface area contributed by atoms with Gasteiger partial charge in [-0.1, -0.05) is 57.2 Å². The summed E-state index contributed by atoms with van der Waals surface area (Å²) in [6, 6.07) is 15.2. The van der Waals surface area contributed by atoms with Crippen molar-refractivity contribution < 1.29 is 14.7 Å². The first-order valence-corrected chi connectivity index (χ1v) is 11.7. The van der Waals surface area contributed by atoms with E-state index in [1.807, 2.05) is 55.6 Å². The van der Waals surface area contributed by atoms with E-state index in [1.165, 1.54) is 0 Å². The van der Waals surface area contributed by atoms with Crippen LogP contribution in [0.1, 0.15) is 64.7 Å². The number of hydrogen-bond donors (Lipinski definition) is 1. The highest BCUT2D eigenvalue weighted by Gasteiger charge is 2.51. The maximum Gasteiger partial charge on any atom is 0.264 e. The molecular weight excluding hydrogens is 418 g/mol. The molecular formula is C27H29NO3S. The van der Waals surface area contributed by atoms with Gasteiger partial charge < -0.3 is 10.0 Å². The number of carbonyl (C=O) groups is 2. The zero-order valence-corrected chi connectivity index (χ0v) is 20.0. The topological polar surface area (TPSA) is 57.6 Å². The molecule has 1 N–H and O–H groups in total. The van der Waals surface area contributed by atoms with Crippen molar-refractivity contribution in [2.75, 3.05) is 4.90 Å². The molecule has 1 aromatic heterocycles. The van der Waals surface area contributed by atoms with Crippen LogP contribution in [0.3, 0.4) is 0 Å². The van der Waals surface area contributed by atoms with Crippen LogP contribution in [0, 0.1) is 13.8 Å². The molecule has 166 valence electrons. The van der Waals surface area contributed by atoms with Crippen molar-refractivity contribution in [1.29, 1.82) is 0 Å². The normalized spacial score (nSPS) is 18.2. The van der Waals surface area contributed by atoms with E-state index in [1.54, 1.807) is 28.4 Å². The molecule has 0 aliphatic carbocycles. The third kappa shape index (κ3) is 3.80. The Balaban J connectivity index is 1.70. The van der Waals surface area contributed by atoms with Crippen LogP contribution in [0.5, 0.6) is 0 Å². The Bertz CT molecular complexity index is 1170. The molecule has 1 atom stereocenters. The number of Topliss-reactive ketones (excluding diaryl/α,β-unsaturated/α-hetero) is 1. The van der Waals surface area contributed by atoms with E-state index >= 15 is 0 Å². The smallest absolute Gasteiger partial charge is 0.264 e. The van der Waals surface area contributed by atoms with Gasteiger partial charge in [0.15, 0.2) is 11.4 Å². The van der Waals surface area contributed by atoms with Crippen LogP contribution < -0.4 is 4.90 Å². The predicted molar refractivity (Wildman–Crippen MR) is 129 cm³/mol. The number of carbonyl (C=O) groups excluding carboxylic acids is 2. The molecule has 0 saturated carbocycles. The number of thiophene rings is 1. The molecule has 2 heterocycles. The highest BCUT2D eigenvalue weighted by atomic mass is 32.1. The SMILES string of the molecule is Cc1cc(C(C)(C)C)cc(C)c1C(=O)CC1(O)C(=O)N(Cc2cccs2)c2ccccc21. The van der Waals surface area contributed by atoms with Gasteiger partial charge in [0.1, 0.15) is 0 Å². The second-order valence-corrected chi connectivity index (χ2v) is 10.7. The van der Waals surface area contributed by atoms with Crippen LogP contribution in [-0.4, -0.2) is 16.8 Å². The van der Waals surface area contributed by atoms with Gasteiger partial charge in [-0.3, -0.25) is 9.59 Å². The van der Waals surface area contributed by atoms with Crippen molar-refractivity contribution >= 4 is 28.7 Å².